The number of halogens is 2. The minimum absolute atomic E-state index is 0.0534. The van der Waals surface area contributed by atoms with Gasteiger partial charge in [0, 0.05) is 23.2 Å². The molecule has 0 radical (unpaired) electrons. The van der Waals surface area contributed by atoms with E-state index in [2.05, 4.69) is 10.3 Å². The zero-order valence-electron chi connectivity index (χ0n) is 10.9. The minimum Gasteiger partial charge on any atom is -0.301 e. The summed E-state index contributed by atoms with van der Waals surface area (Å²) in [4.78, 5) is 4.26. The van der Waals surface area contributed by atoms with Gasteiger partial charge in [0.2, 0.25) is 0 Å². The Kier molecular flexibility index (Phi) is 4.61. The second-order valence-electron chi connectivity index (χ2n) is 4.36. The van der Waals surface area contributed by atoms with Crippen molar-refractivity contribution in [2.24, 2.45) is 0 Å². The molecule has 0 saturated carbocycles. The normalized spacial score (nSPS) is 14.3. The molecule has 19 heavy (non-hydrogen) atoms. The molecule has 1 heterocycles. The largest absolute Gasteiger partial charge is 0.301 e. The van der Waals surface area contributed by atoms with Crippen molar-refractivity contribution >= 4 is 11.3 Å². The highest BCUT2D eigenvalue weighted by atomic mass is 32.1. The maximum atomic E-state index is 13.7. The van der Waals surface area contributed by atoms with Gasteiger partial charge in [-0.05, 0) is 19.4 Å². The van der Waals surface area contributed by atoms with Crippen LogP contribution in [0.2, 0.25) is 0 Å². The number of aromatic nitrogens is 1. The summed E-state index contributed by atoms with van der Waals surface area (Å²) in [6.07, 6.45) is 2.59. The van der Waals surface area contributed by atoms with Crippen LogP contribution >= 0.6 is 11.3 Å². The molecule has 102 valence electrons. The second-order valence-corrected chi connectivity index (χ2v) is 5.29. The van der Waals surface area contributed by atoms with Crippen LogP contribution < -0.4 is 5.32 Å². The Bertz CT molecular complexity index is 528. The van der Waals surface area contributed by atoms with Gasteiger partial charge >= 0.3 is 0 Å². The van der Waals surface area contributed by atoms with Crippen molar-refractivity contribution in [1.29, 1.82) is 0 Å². The van der Waals surface area contributed by atoms with Crippen molar-refractivity contribution in [3.05, 3.63) is 52.0 Å². The minimum atomic E-state index is -0.812. The Balaban J connectivity index is 2.16. The average molecular weight is 282 g/mol. The SMILES string of the molecule is CCC(NC(C)c1cccc(F)c1F)c1nccs1. The highest BCUT2D eigenvalue weighted by Gasteiger charge is 2.19. The van der Waals surface area contributed by atoms with E-state index in [0.29, 0.717) is 5.56 Å². The zero-order valence-corrected chi connectivity index (χ0v) is 11.7. The summed E-state index contributed by atoms with van der Waals surface area (Å²) in [6.45, 7) is 3.86. The van der Waals surface area contributed by atoms with Crippen LogP contribution in [0.5, 0.6) is 0 Å². The second kappa shape index (κ2) is 6.21. The van der Waals surface area contributed by atoms with Crippen LogP contribution in [0.3, 0.4) is 0 Å². The zero-order chi connectivity index (χ0) is 13.8. The molecule has 2 nitrogen and oxygen atoms in total. The Morgan fingerprint density at radius 2 is 2.16 bits per heavy atom. The number of thiazole rings is 1. The van der Waals surface area contributed by atoms with Crippen LogP contribution in [0.4, 0.5) is 8.78 Å². The van der Waals surface area contributed by atoms with Crippen LogP contribution in [0.25, 0.3) is 0 Å². The van der Waals surface area contributed by atoms with Crippen molar-refractivity contribution < 1.29 is 8.78 Å². The topological polar surface area (TPSA) is 24.9 Å². The van der Waals surface area contributed by atoms with Crippen LogP contribution in [0.1, 0.15) is 42.9 Å². The number of benzene rings is 1. The van der Waals surface area contributed by atoms with Gasteiger partial charge in [-0.3, -0.25) is 0 Å². The molecule has 5 heteroatoms. The van der Waals surface area contributed by atoms with E-state index in [1.807, 2.05) is 19.2 Å². The molecular formula is C14H16F2N2S. The molecule has 0 aliphatic heterocycles. The molecule has 1 N–H and O–H groups in total. The van der Waals surface area contributed by atoms with Gasteiger partial charge in [-0.25, -0.2) is 13.8 Å². The number of hydrogen-bond donors (Lipinski definition) is 1. The number of rotatable bonds is 5. The molecule has 0 aliphatic carbocycles. The molecular weight excluding hydrogens is 266 g/mol. The fraction of sp³-hybridized carbons (Fsp3) is 0.357. The van der Waals surface area contributed by atoms with Crippen molar-refractivity contribution in [3.63, 3.8) is 0 Å². The molecule has 0 amide bonds. The molecule has 1 aromatic heterocycles. The van der Waals surface area contributed by atoms with E-state index in [4.69, 9.17) is 0 Å². The van der Waals surface area contributed by atoms with Gasteiger partial charge in [0.25, 0.3) is 0 Å². The smallest absolute Gasteiger partial charge is 0.163 e. The van der Waals surface area contributed by atoms with Crippen LogP contribution in [-0.2, 0) is 0 Å². The number of hydrogen-bond acceptors (Lipinski definition) is 3. The Hall–Kier alpha value is -1.33. The highest BCUT2D eigenvalue weighted by molar-refractivity contribution is 7.09. The Morgan fingerprint density at radius 1 is 1.37 bits per heavy atom. The fourth-order valence-corrected chi connectivity index (χ4v) is 2.80. The summed E-state index contributed by atoms with van der Waals surface area (Å²) in [5, 5.41) is 6.17. The predicted molar refractivity (Wildman–Crippen MR) is 73.1 cm³/mol. The number of nitrogens with one attached hydrogen (secondary N) is 1. The van der Waals surface area contributed by atoms with Crippen LogP contribution in [0.15, 0.2) is 29.8 Å². The van der Waals surface area contributed by atoms with Gasteiger partial charge in [0.05, 0.1) is 6.04 Å². The lowest BCUT2D eigenvalue weighted by molar-refractivity contribution is 0.428. The molecule has 1 aromatic carbocycles. The van der Waals surface area contributed by atoms with E-state index >= 15 is 0 Å². The van der Waals surface area contributed by atoms with E-state index < -0.39 is 11.6 Å². The molecule has 0 saturated heterocycles. The van der Waals surface area contributed by atoms with Crippen molar-refractivity contribution in [2.75, 3.05) is 0 Å². The lowest BCUT2D eigenvalue weighted by atomic mass is 10.1. The maximum absolute atomic E-state index is 13.7. The molecule has 0 aliphatic rings. The molecule has 0 bridgehead atoms. The third-order valence-corrected chi connectivity index (χ3v) is 3.95. The highest BCUT2D eigenvalue weighted by Crippen LogP contribution is 2.25. The van der Waals surface area contributed by atoms with E-state index in [1.165, 1.54) is 6.07 Å². The molecule has 2 aromatic rings. The van der Waals surface area contributed by atoms with Crippen molar-refractivity contribution in [1.82, 2.24) is 10.3 Å². The van der Waals surface area contributed by atoms with E-state index in [-0.39, 0.29) is 12.1 Å². The van der Waals surface area contributed by atoms with Gasteiger partial charge in [0.1, 0.15) is 5.01 Å². The van der Waals surface area contributed by atoms with Crippen LogP contribution in [-0.4, -0.2) is 4.98 Å². The van der Waals surface area contributed by atoms with E-state index in [9.17, 15) is 8.78 Å². The molecule has 2 unspecified atom stereocenters. The molecule has 2 rings (SSSR count). The average Bonchev–Trinajstić information content (AvgIpc) is 2.92. The van der Waals surface area contributed by atoms with E-state index in [1.54, 1.807) is 23.6 Å². The van der Waals surface area contributed by atoms with Gasteiger partial charge in [0.15, 0.2) is 11.6 Å². The summed E-state index contributed by atoms with van der Waals surface area (Å²) < 4.78 is 26.9. The first-order valence-corrected chi connectivity index (χ1v) is 7.10. The molecule has 0 fully saturated rings. The Morgan fingerprint density at radius 3 is 2.79 bits per heavy atom. The summed E-state index contributed by atoms with van der Waals surface area (Å²) in [5.41, 5.74) is 0.343. The van der Waals surface area contributed by atoms with Gasteiger partial charge in [-0.15, -0.1) is 11.3 Å². The maximum Gasteiger partial charge on any atom is 0.163 e. The third-order valence-electron chi connectivity index (χ3n) is 3.06. The molecule has 2 atom stereocenters. The third kappa shape index (κ3) is 3.16. The fourth-order valence-electron chi connectivity index (χ4n) is 2.02. The summed E-state index contributed by atoms with van der Waals surface area (Å²) in [6, 6.07) is 4.03. The summed E-state index contributed by atoms with van der Waals surface area (Å²) in [5.74, 6) is -1.59. The lowest BCUT2D eigenvalue weighted by Gasteiger charge is -2.21. The quantitative estimate of drug-likeness (QED) is 0.888. The first-order valence-electron chi connectivity index (χ1n) is 6.22. The van der Waals surface area contributed by atoms with Gasteiger partial charge < -0.3 is 5.32 Å². The monoisotopic (exact) mass is 282 g/mol. The van der Waals surface area contributed by atoms with Gasteiger partial charge in [-0.1, -0.05) is 19.1 Å². The lowest BCUT2D eigenvalue weighted by Crippen LogP contribution is -2.25. The summed E-state index contributed by atoms with van der Waals surface area (Å²) in [7, 11) is 0. The summed E-state index contributed by atoms with van der Waals surface area (Å²) >= 11 is 1.56. The first kappa shape index (κ1) is 14.1. The van der Waals surface area contributed by atoms with Gasteiger partial charge in [-0.2, -0.15) is 0 Å². The first-order chi connectivity index (χ1) is 9.13. The van der Waals surface area contributed by atoms with E-state index in [0.717, 1.165) is 17.5 Å². The Labute approximate surface area is 115 Å². The van der Waals surface area contributed by atoms with Crippen molar-refractivity contribution in [3.8, 4) is 0 Å². The molecule has 0 spiro atoms. The number of nitrogens with zero attached hydrogens (tertiary/aromatic N) is 1. The van der Waals surface area contributed by atoms with Crippen molar-refractivity contribution in [2.45, 2.75) is 32.4 Å². The van der Waals surface area contributed by atoms with Crippen LogP contribution in [0, 0.1) is 11.6 Å². The predicted octanol–water partition coefficient (Wildman–Crippen LogP) is 4.22. The standard InChI is InChI=1S/C14H16F2N2S/c1-3-12(14-17-7-8-19-14)18-9(2)10-5-4-6-11(15)13(10)16/h4-9,12,18H,3H2,1-2H3.